The maximum Gasteiger partial charge on any atom is 0.408 e. The lowest BCUT2D eigenvalue weighted by molar-refractivity contribution is 0.0630. The van der Waals surface area contributed by atoms with Gasteiger partial charge >= 0.3 is 6.09 Å². The minimum absolute atomic E-state index is 0.0867. The highest BCUT2D eigenvalue weighted by Crippen LogP contribution is 2.54. The Kier molecular flexibility index (Phi) is 4.57. The third-order valence-corrected chi connectivity index (χ3v) is 5.05. The molecule has 22 heavy (non-hydrogen) atoms. The van der Waals surface area contributed by atoms with Crippen molar-refractivity contribution in [3.05, 3.63) is 47.0 Å². The topological polar surface area (TPSA) is 40.5 Å². The van der Waals surface area contributed by atoms with Crippen molar-refractivity contribution in [1.82, 2.24) is 4.90 Å². The molecule has 0 spiro atoms. The van der Waals surface area contributed by atoms with Gasteiger partial charge in [0, 0.05) is 5.02 Å². The zero-order valence-electron chi connectivity index (χ0n) is 13.5. The number of hydrogen-bond donors (Lipinski definition) is 1. The van der Waals surface area contributed by atoms with Crippen LogP contribution in [0.15, 0.2) is 30.9 Å². The van der Waals surface area contributed by atoms with Gasteiger partial charge in [0.25, 0.3) is 0 Å². The maximum atomic E-state index is 11.8. The molecule has 1 saturated carbocycles. The summed E-state index contributed by atoms with van der Waals surface area (Å²) in [6.07, 6.45) is 3.53. The molecule has 1 amide bonds. The SMILES string of the molecule is C=CCc1ccc(Cl)c(CN(C(=O)O)C2(C(C)(C)C)CC2)c1. The number of benzene rings is 1. The van der Waals surface area contributed by atoms with Crippen LogP contribution in [0.25, 0.3) is 0 Å². The van der Waals surface area contributed by atoms with Crippen molar-refractivity contribution < 1.29 is 9.90 Å². The Morgan fingerprint density at radius 1 is 1.45 bits per heavy atom. The zero-order valence-corrected chi connectivity index (χ0v) is 14.3. The first-order valence-electron chi connectivity index (χ1n) is 7.60. The first-order valence-corrected chi connectivity index (χ1v) is 7.98. The minimum Gasteiger partial charge on any atom is -0.465 e. The Morgan fingerprint density at radius 3 is 2.55 bits per heavy atom. The van der Waals surface area contributed by atoms with E-state index < -0.39 is 6.09 Å². The fraction of sp³-hybridized carbons (Fsp3) is 0.500. The van der Waals surface area contributed by atoms with E-state index in [9.17, 15) is 9.90 Å². The predicted octanol–water partition coefficient (Wildman–Crippen LogP) is 5.13. The number of allylic oxidation sites excluding steroid dienone is 1. The molecular formula is C18H24ClNO2. The van der Waals surface area contributed by atoms with Crippen LogP contribution in [0.5, 0.6) is 0 Å². The Balaban J connectivity index is 2.32. The lowest BCUT2D eigenvalue weighted by Crippen LogP contribution is -2.48. The third kappa shape index (κ3) is 3.14. The van der Waals surface area contributed by atoms with Gasteiger partial charge in [-0.15, -0.1) is 6.58 Å². The van der Waals surface area contributed by atoms with Gasteiger partial charge in [-0.05, 0) is 41.9 Å². The van der Waals surface area contributed by atoms with Crippen molar-refractivity contribution in [3.8, 4) is 0 Å². The normalized spacial score (nSPS) is 16.2. The number of hydrogen-bond acceptors (Lipinski definition) is 1. The Labute approximate surface area is 137 Å². The van der Waals surface area contributed by atoms with Crippen molar-refractivity contribution in [2.75, 3.05) is 0 Å². The minimum atomic E-state index is -0.877. The summed E-state index contributed by atoms with van der Waals surface area (Å²) in [5.41, 5.74) is 1.59. The number of nitrogens with zero attached hydrogens (tertiary/aromatic N) is 1. The van der Waals surface area contributed by atoms with Crippen molar-refractivity contribution >= 4 is 17.7 Å². The van der Waals surface area contributed by atoms with Crippen LogP contribution in [0.4, 0.5) is 4.79 Å². The van der Waals surface area contributed by atoms with Crippen molar-refractivity contribution in [2.45, 2.75) is 52.1 Å². The molecule has 0 bridgehead atoms. The fourth-order valence-electron chi connectivity index (χ4n) is 3.16. The zero-order chi connectivity index (χ0) is 16.5. The molecule has 0 saturated heterocycles. The van der Waals surface area contributed by atoms with Gasteiger partial charge in [-0.25, -0.2) is 4.79 Å². The van der Waals surface area contributed by atoms with Gasteiger partial charge in [-0.1, -0.05) is 50.6 Å². The van der Waals surface area contributed by atoms with Gasteiger partial charge in [0.15, 0.2) is 0 Å². The van der Waals surface area contributed by atoms with E-state index in [1.165, 1.54) is 0 Å². The van der Waals surface area contributed by atoms with E-state index in [1.54, 1.807) is 4.90 Å². The van der Waals surface area contributed by atoms with E-state index >= 15 is 0 Å². The first kappa shape index (κ1) is 16.9. The average Bonchev–Trinajstić information content (AvgIpc) is 3.20. The second-order valence-corrected chi connectivity index (χ2v) is 7.48. The number of rotatable bonds is 5. The van der Waals surface area contributed by atoms with Crippen LogP contribution in [-0.2, 0) is 13.0 Å². The Hall–Kier alpha value is -1.48. The second-order valence-electron chi connectivity index (χ2n) is 7.07. The van der Waals surface area contributed by atoms with E-state index in [1.807, 2.05) is 24.3 Å². The van der Waals surface area contributed by atoms with Gasteiger partial charge in [-0.3, -0.25) is 4.90 Å². The number of carbonyl (C=O) groups is 1. The highest BCUT2D eigenvalue weighted by Gasteiger charge is 2.57. The summed E-state index contributed by atoms with van der Waals surface area (Å²) in [5, 5.41) is 10.3. The van der Waals surface area contributed by atoms with Gasteiger partial charge in [-0.2, -0.15) is 0 Å². The summed E-state index contributed by atoms with van der Waals surface area (Å²) in [4.78, 5) is 13.4. The van der Waals surface area contributed by atoms with Crippen LogP contribution >= 0.6 is 11.6 Å². The van der Waals surface area contributed by atoms with Crippen molar-refractivity contribution in [1.29, 1.82) is 0 Å². The molecule has 0 aromatic heterocycles. The van der Waals surface area contributed by atoms with Gasteiger partial charge < -0.3 is 5.11 Å². The lowest BCUT2D eigenvalue weighted by atomic mass is 9.82. The average molecular weight is 322 g/mol. The molecule has 0 atom stereocenters. The molecule has 3 nitrogen and oxygen atoms in total. The molecule has 0 radical (unpaired) electrons. The molecule has 1 fully saturated rings. The third-order valence-electron chi connectivity index (χ3n) is 4.69. The standard InChI is InChI=1S/C18H24ClNO2/c1-5-6-13-7-8-15(19)14(11-13)12-20(16(21)22)18(9-10-18)17(2,3)4/h5,7-8,11H,1,6,9-10,12H2,2-4H3,(H,21,22). The summed E-state index contributed by atoms with van der Waals surface area (Å²) in [7, 11) is 0. The molecule has 0 aliphatic heterocycles. The van der Waals surface area contributed by atoms with E-state index in [4.69, 9.17) is 11.6 Å². The Morgan fingerprint density at radius 2 is 2.09 bits per heavy atom. The fourth-order valence-corrected chi connectivity index (χ4v) is 3.34. The Bertz CT molecular complexity index is 585. The lowest BCUT2D eigenvalue weighted by Gasteiger charge is -2.39. The molecule has 0 heterocycles. The van der Waals surface area contributed by atoms with Gasteiger partial charge in [0.1, 0.15) is 0 Å². The highest BCUT2D eigenvalue weighted by molar-refractivity contribution is 6.31. The van der Waals surface area contributed by atoms with Gasteiger partial charge in [0.05, 0.1) is 12.1 Å². The van der Waals surface area contributed by atoms with Gasteiger partial charge in [0.2, 0.25) is 0 Å². The molecule has 1 aromatic rings. The maximum absolute atomic E-state index is 11.8. The number of halogens is 1. The van der Waals surface area contributed by atoms with Crippen LogP contribution in [0, 0.1) is 5.41 Å². The van der Waals surface area contributed by atoms with Crippen molar-refractivity contribution in [2.24, 2.45) is 5.41 Å². The molecule has 1 N–H and O–H groups in total. The molecule has 1 aliphatic carbocycles. The second kappa shape index (κ2) is 5.96. The first-order chi connectivity index (χ1) is 10.2. The molecular weight excluding hydrogens is 298 g/mol. The largest absolute Gasteiger partial charge is 0.465 e. The highest BCUT2D eigenvalue weighted by atomic mass is 35.5. The predicted molar refractivity (Wildman–Crippen MR) is 90.3 cm³/mol. The van der Waals surface area contributed by atoms with E-state index in [0.717, 1.165) is 30.4 Å². The summed E-state index contributed by atoms with van der Waals surface area (Å²) >= 11 is 6.28. The van der Waals surface area contributed by atoms with Crippen molar-refractivity contribution in [3.63, 3.8) is 0 Å². The summed E-state index contributed by atoms with van der Waals surface area (Å²) < 4.78 is 0. The summed E-state index contributed by atoms with van der Waals surface area (Å²) in [5.74, 6) is 0. The van der Waals surface area contributed by atoms with Crippen LogP contribution in [-0.4, -0.2) is 21.6 Å². The number of carboxylic acid groups (broad SMARTS) is 1. The molecule has 2 rings (SSSR count). The van der Waals surface area contributed by atoms with Crippen LogP contribution < -0.4 is 0 Å². The van der Waals surface area contributed by atoms with Crippen LogP contribution in [0.3, 0.4) is 0 Å². The molecule has 1 aromatic carbocycles. The smallest absolute Gasteiger partial charge is 0.408 e. The van der Waals surface area contributed by atoms with E-state index in [0.29, 0.717) is 11.6 Å². The van der Waals surface area contributed by atoms with E-state index in [2.05, 4.69) is 27.4 Å². The molecule has 120 valence electrons. The molecule has 1 aliphatic rings. The summed E-state index contributed by atoms with van der Waals surface area (Å²) in [6.45, 7) is 10.4. The van der Waals surface area contributed by atoms with Crippen LogP contribution in [0.1, 0.15) is 44.7 Å². The molecule has 0 unspecified atom stereocenters. The van der Waals surface area contributed by atoms with E-state index in [-0.39, 0.29) is 11.0 Å². The monoisotopic (exact) mass is 321 g/mol. The quantitative estimate of drug-likeness (QED) is 0.764. The summed E-state index contributed by atoms with van der Waals surface area (Å²) in [6, 6.07) is 5.78. The van der Waals surface area contributed by atoms with Crippen LogP contribution in [0.2, 0.25) is 5.02 Å². The molecule has 4 heteroatoms. The number of amides is 1.